The average molecular weight is 276 g/mol. The van der Waals surface area contributed by atoms with Crippen LogP contribution >= 0.6 is 12.6 Å². The van der Waals surface area contributed by atoms with Crippen molar-refractivity contribution in [2.24, 2.45) is 0 Å². The molecule has 0 radical (unpaired) electrons. The summed E-state index contributed by atoms with van der Waals surface area (Å²) in [4.78, 5) is 16.1. The number of rotatable bonds is 3. The predicted molar refractivity (Wildman–Crippen MR) is 80.7 cm³/mol. The maximum atomic E-state index is 11.8. The second-order valence-corrected chi connectivity index (χ2v) is 6.24. The van der Waals surface area contributed by atoms with Gasteiger partial charge in [-0.2, -0.15) is 12.6 Å². The van der Waals surface area contributed by atoms with Gasteiger partial charge in [0.25, 0.3) is 0 Å². The third kappa shape index (κ3) is 2.95. The minimum atomic E-state index is 0.178. The molecule has 1 aromatic carbocycles. The van der Waals surface area contributed by atoms with Crippen molar-refractivity contribution in [3.63, 3.8) is 0 Å². The Morgan fingerprint density at radius 3 is 2.42 bits per heavy atom. The number of thiol groups is 1. The first-order valence-corrected chi connectivity index (χ1v) is 7.54. The van der Waals surface area contributed by atoms with Crippen LogP contribution in [0.1, 0.15) is 24.8 Å². The second kappa shape index (κ2) is 5.55. The highest BCUT2D eigenvalue weighted by molar-refractivity contribution is 7.81. The van der Waals surface area contributed by atoms with E-state index >= 15 is 0 Å². The smallest absolute Gasteiger partial charge is 0.228 e. The van der Waals surface area contributed by atoms with Gasteiger partial charge in [-0.05, 0) is 43.6 Å². The Balaban J connectivity index is 1.66. The Hall–Kier alpha value is -1.00. The third-order valence-corrected chi connectivity index (χ3v) is 4.30. The van der Waals surface area contributed by atoms with Crippen LogP contribution in [0.4, 0.5) is 5.69 Å². The number of amides is 1. The van der Waals surface area contributed by atoms with E-state index in [1.165, 1.54) is 31.5 Å². The number of anilines is 1. The Bertz CT molecular complexity index is 454. The van der Waals surface area contributed by atoms with Gasteiger partial charge in [-0.15, -0.1) is 0 Å². The monoisotopic (exact) mass is 276 g/mol. The standard InChI is InChI=1S/C15H20N2OS/c18-15-9-14(19)11-17(15)13-5-3-12(4-6-13)10-16-7-1-2-8-16/h3-6,14,19H,1-2,7-11H2. The van der Waals surface area contributed by atoms with Gasteiger partial charge < -0.3 is 4.90 Å². The van der Waals surface area contributed by atoms with E-state index in [0.717, 1.165) is 18.8 Å². The zero-order valence-corrected chi connectivity index (χ0v) is 12.0. The molecule has 0 saturated carbocycles. The van der Waals surface area contributed by atoms with Gasteiger partial charge in [-0.3, -0.25) is 9.69 Å². The van der Waals surface area contributed by atoms with Crippen LogP contribution < -0.4 is 4.90 Å². The van der Waals surface area contributed by atoms with E-state index in [1.807, 2.05) is 4.90 Å². The van der Waals surface area contributed by atoms with E-state index in [2.05, 4.69) is 41.8 Å². The summed E-state index contributed by atoms with van der Waals surface area (Å²) in [6.45, 7) is 4.19. The first kappa shape index (κ1) is 13.0. The lowest BCUT2D eigenvalue weighted by Gasteiger charge is -2.18. The number of carbonyl (C=O) groups is 1. The zero-order valence-electron chi connectivity index (χ0n) is 11.1. The Labute approximate surface area is 120 Å². The molecule has 2 heterocycles. The van der Waals surface area contributed by atoms with Crippen molar-refractivity contribution < 1.29 is 4.79 Å². The lowest BCUT2D eigenvalue weighted by molar-refractivity contribution is -0.117. The van der Waals surface area contributed by atoms with Crippen LogP contribution in [0, 0.1) is 0 Å². The average Bonchev–Trinajstić information content (AvgIpc) is 3.00. The van der Waals surface area contributed by atoms with Crippen LogP contribution in [0.15, 0.2) is 24.3 Å². The number of benzene rings is 1. The molecule has 0 N–H and O–H groups in total. The molecule has 2 aliphatic heterocycles. The third-order valence-electron chi connectivity index (χ3n) is 3.96. The Kier molecular flexibility index (Phi) is 3.80. The van der Waals surface area contributed by atoms with Gasteiger partial charge in [-0.25, -0.2) is 0 Å². The molecule has 3 nitrogen and oxygen atoms in total. The number of likely N-dealkylation sites (tertiary alicyclic amines) is 1. The first-order chi connectivity index (χ1) is 9.22. The largest absolute Gasteiger partial charge is 0.311 e. The lowest BCUT2D eigenvalue weighted by Crippen LogP contribution is -2.24. The predicted octanol–water partition coefficient (Wildman–Crippen LogP) is 2.32. The van der Waals surface area contributed by atoms with Gasteiger partial charge in [0.2, 0.25) is 5.91 Å². The summed E-state index contributed by atoms with van der Waals surface area (Å²) in [5, 5.41) is 0.178. The molecule has 1 amide bonds. The van der Waals surface area contributed by atoms with E-state index in [9.17, 15) is 4.79 Å². The van der Waals surface area contributed by atoms with Crippen LogP contribution in [-0.4, -0.2) is 35.7 Å². The van der Waals surface area contributed by atoms with Crippen molar-refractivity contribution in [3.8, 4) is 0 Å². The molecule has 0 aliphatic carbocycles. The molecule has 2 aliphatic rings. The van der Waals surface area contributed by atoms with Crippen molar-refractivity contribution in [3.05, 3.63) is 29.8 Å². The number of nitrogens with zero attached hydrogens (tertiary/aromatic N) is 2. The minimum Gasteiger partial charge on any atom is -0.311 e. The quantitative estimate of drug-likeness (QED) is 0.857. The minimum absolute atomic E-state index is 0.178. The van der Waals surface area contributed by atoms with Crippen molar-refractivity contribution in [1.82, 2.24) is 4.90 Å². The summed E-state index contributed by atoms with van der Waals surface area (Å²) < 4.78 is 0. The normalized spacial score (nSPS) is 24.4. The molecule has 0 aromatic heterocycles. The van der Waals surface area contributed by atoms with Crippen LogP contribution in [0.5, 0.6) is 0 Å². The zero-order chi connectivity index (χ0) is 13.2. The van der Waals surface area contributed by atoms with Crippen molar-refractivity contribution in [2.75, 3.05) is 24.5 Å². The van der Waals surface area contributed by atoms with Gasteiger partial charge in [0.05, 0.1) is 0 Å². The SMILES string of the molecule is O=C1CC(S)CN1c1ccc(CN2CCCC2)cc1. The Morgan fingerprint density at radius 2 is 1.84 bits per heavy atom. The fourth-order valence-electron chi connectivity index (χ4n) is 2.92. The summed E-state index contributed by atoms with van der Waals surface area (Å²) in [7, 11) is 0. The molecule has 102 valence electrons. The molecule has 3 rings (SSSR count). The maximum Gasteiger partial charge on any atom is 0.228 e. The summed E-state index contributed by atoms with van der Waals surface area (Å²) in [6, 6.07) is 8.42. The number of carbonyl (C=O) groups excluding carboxylic acids is 1. The van der Waals surface area contributed by atoms with Gasteiger partial charge in [-0.1, -0.05) is 12.1 Å². The van der Waals surface area contributed by atoms with Crippen LogP contribution in [-0.2, 0) is 11.3 Å². The molecule has 1 atom stereocenters. The number of hydrogen-bond donors (Lipinski definition) is 1. The van der Waals surface area contributed by atoms with Gasteiger partial charge in [0.1, 0.15) is 0 Å². The molecule has 19 heavy (non-hydrogen) atoms. The topological polar surface area (TPSA) is 23.6 Å². The fourth-order valence-corrected chi connectivity index (χ4v) is 3.24. The molecular weight excluding hydrogens is 256 g/mol. The van der Waals surface area contributed by atoms with Gasteiger partial charge in [0.15, 0.2) is 0 Å². The molecule has 2 fully saturated rings. The van der Waals surface area contributed by atoms with E-state index in [4.69, 9.17) is 0 Å². The second-order valence-electron chi connectivity index (χ2n) is 5.51. The summed E-state index contributed by atoms with van der Waals surface area (Å²) in [6.07, 6.45) is 3.20. The Morgan fingerprint density at radius 1 is 1.16 bits per heavy atom. The van der Waals surface area contributed by atoms with Crippen molar-refractivity contribution in [1.29, 1.82) is 0 Å². The van der Waals surface area contributed by atoms with Gasteiger partial charge in [0, 0.05) is 30.4 Å². The molecule has 1 unspecified atom stereocenters. The fraction of sp³-hybridized carbons (Fsp3) is 0.533. The highest BCUT2D eigenvalue weighted by Crippen LogP contribution is 2.24. The summed E-state index contributed by atoms with van der Waals surface area (Å²) in [5.41, 5.74) is 2.34. The summed E-state index contributed by atoms with van der Waals surface area (Å²) >= 11 is 4.39. The van der Waals surface area contributed by atoms with E-state index in [0.29, 0.717) is 6.42 Å². The van der Waals surface area contributed by atoms with E-state index in [1.54, 1.807) is 0 Å². The molecule has 4 heteroatoms. The van der Waals surface area contributed by atoms with Crippen molar-refractivity contribution >= 4 is 24.2 Å². The molecule has 2 saturated heterocycles. The first-order valence-electron chi connectivity index (χ1n) is 7.02. The summed E-state index contributed by atoms with van der Waals surface area (Å²) in [5.74, 6) is 0.187. The maximum absolute atomic E-state index is 11.8. The van der Waals surface area contributed by atoms with Crippen LogP contribution in [0.3, 0.4) is 0 Å². The molecular formula is C15H20N2OS. The van der Waals surface area contributed by atoms with E-state index < -0.39 is 0 Å². The highest BCUT2D eigenvalue weighted by atomic mass is 32.1. The molecule has 1 aromatic rings. The van der Waals surface area contributed by atoms with Crippen molar-refractivity contribution in [2.45, 2.75) is 31.1 Å². The number of hydrogen-bond acceptors (Lipinski definition) is 3. The van der Waals surface area contributed by atoms with Gasteiger partial charge >= 0.3 is 0 Å². The van der Waals surface area contributed by atoms with E-state index in [-0.39, 0.29) is 11.2 Å². The lowest BCUT2D eigenvalue weighted by atomic mass is 10.2. The van der Waals surface area contributed by atoms with Crippen LogP contribution in [0.2, 0.25) is 0 Å². The van der Waals surface area contributed by atoms with Crippen LogP contribution in [0.25, 0.3) is 0 Å². The highest BCUT2D eigenvalue weighted by Gasteiger charge is 2.28. The molecule has 0 bridgehead atoms. The molecule has 0 spiro atoms.